The first-order chi connectivity index (χ1) is 9.20. The Labute approximate surface area is 118 Å². The zero-order valence-corrected chi connectivity index (χ0v) is 12.6. The Bertz CT molecular complexity index is 493. The number of aryl methyl sites for hydroxylation is 1. The van der Waals surface area contributed by atoms with Gasteiger partial charge in [0.05, 0.1) is 10.6 Å². The fraction of sp³-hybridized carbons (Fsp3) is 0.500. The quantitative estimate of drug-likeness (QED) is 0.791. The van der Waals surface area contributed by atoms with E-state index in [0.717, 1.165) is 48.3 Å². The Balaban J connectivity index is 1.97. The lowest BCUT2D eigenvalue weighted by Crippen LogP contribution is -2.22. The third-order valence-corrected chi connectivity index (χ3v) is 3.87. The van der Waals surface area contributed by atoms with Crippen LogP contribution < -0.4 is 5.32 Å². The third-order valence-electron chi connectivity index (χ3n) is 3.01. The maximum absolute atomic E-state index is 5.75. The van der Waals surface area contributed by atoms with Crippen molar-refractivity contribution in [3.8, 4) is 10.8 Å². The van der Waals surface area contributed by atoms with E-state index < -0.39 is 0 Å². The van der Waals surface area contributed by atoms with Crippen LogP contribution >= 0.6 is 11.3 Å². The monoisotopic (exact) mass is 279 g/mol. The molecule has 0 radical (unpaired) electrons. The van der Waals surface area contributed by atoms with Gasteiger partial charge in [0.15, 0.2) is 0 Å². The van der Waals surface area contributed by atoms with Gasteiger partial charge in [0.1, 0.15) is 5.76 Å². The molecule has 0 bridgehead atoms. The van der Waals surface area contributed by atoms with Gasteiger partial charge in [-0.05, 0) is 52.0 Å². The molecule has 0 saturated heterocycles. The SMILES string of the molecule is CNCCCN(C)Cc1nc(-c2cccs2)oc1C. The van der Waals surface area contributed by atoms with Crippen LogP contribution in [0.5, 0.6) is 0 Å². The number of thiophene rings is 1. The second-order valence-electron chi connectivity index (χ2n) is 4.69. The lowest BCUT2D eigenvalue weighted by Gasteiger charge is -2.14. The van der Waals surface area contributed by atoms with Crippen LogP contribution in [0, 0.1) is 6.92 Å². The molecule has 0 atom stereocenters. The third kappa shape index (κ3) is 3.89. The van der Waals surface area contributed by atoms with Gasteiger partial charge in [-0.1, -0.05) is 6.07 Å². The van der Waals surface area contributed by atoms with E-state index in [9.17, 15) is 0 Å². The molecule has 4 nitrogen and oxygen atoms in total. The van der Waals surface area contributed by atoms with Crippen molar-refractivity contribution < 1.29 is 4.42 Å². The summed E-state index contributed by atoms with van der Waals surface area (Å²) in [7, 11) is 4.10. The zero-order chi connectivity index (χ0) is 13.7. The highest BCUT2D eigenvalue weighted by molar-refractivity contribution is 7.13. The Morgan fingerprint density at radius 2 is 2.32 bits per heavy atom. The van der Waals surface area contributed by atoms with Gasteiger partial charge in [-0.2, -0.15) is 0 Å². The van der Waals surface area contributed by atoms with E-state index in [1.807, 2.05) is 31.5 Å². The molecule has 0 aliphatic heterocycles. The Morgan fingerprint density at radius 3 is 3.00 bits per heavy atom. The predicted octanol–water partition coefficient (Wildman–Crippen LogP) is 2.75. The molecular weight excluding hydrogens is 258 g/mol. The highest BCUT2D eigenvalue weighted by Gasteiger charge is 2.13. The van der Waals surface area contributed by atoms with E-state index in [0.29, 0.717) is 0 Å². The van der Waals surface area contributed by atoms with Crippen LogP contribution in [-0.4, -0.2) is 37.1 Å². The first-order valence-corrected chi connectivity index (χ1v) is 7.42. The molecule has 2 aromatic rings. The molecule has 0 aliphatic carbocycles. The first-order valence-electron chi connectivity index (χ1n) is 6.54. The van der Waals surface area contributed by atoms with Crippen LogP contribution in [0.2, 0.25) is 0 Å². The summed E-state index contributed by atoms with van der Waals surface area (Å²) in [5, 5.41) is 5.20. The molecule has 0 aromatic carbocycles. The van der Waals surface area contributed by atoms with Crippen molar-refractivity contribution in [1.29, 1.82) is 0 Å². The molecule has 2 aromatic heterocycles. The second kappa shape index (κ2) is 6.84. The van der Waals surface area contributed by atoms with Gasteiger partial charge in [0.2, 0.25) is 5.89 Å². The minimum atomic E-state index is 0.742. The smallest absolute Gasteiger partial charge is 0.236 e. The van der Waals surface area contributed by atoms with Crippen LogP contribution in [0.25, 0.3) is 10.8 Å². The molecule has 104 valence electrons. The summed E-state index contributed by atoms with van der Waals surface area (Å²) < 4.78 is 5.75. The van der Waals surface area contributed by atoms with Crippen molar-refractivity contribution in [1.82, 2.24) is 15.2 Å². The van der Waals surface area contributed by atoms with Gasteiger partial charge in [-0.15, -0.1) is 11.3 Å². The van der Waals surface area contributed by atoms with Crippen LogP contribution in [0.4, 0.5) is 0 Å². The molecule has 19 heavy (non-hydrogen) atoms. The van der Waals surface area contributed by atoms with Crippen molar-refractivity contribution in [2.45, 2.75) is 19.9 Å². The largest absolute Gasteiger partial charge is 0.440 e. The maximum Gasteiger partial charge on any atom is 0.236 e. The summed E-state index contributed by atoms with van der Waals surface area (Å²) in [6, 6.07) is 4.05. The van der Waals surface area contributed by atoms with E-state index in [1.165, 1.54) is 0 Å². The van der Waals surface area contributed by atoms with Crippen molar-refractivity contribution in [2.24, 2.45) is 0 Å². The van der Waals surface area contributed by atoms with E-state index in [4.69, 9.17) is 4.42 Å². The van der Waals surface area contributed by atoms with E-state index in [-0.39, 0.29) is 0 Å². The van der Waals surface area contributed by atoms with Gasteiger partial charge in [-0.25, -0.2) is 4.98 Å². The van der Waals surface area contributed by atoms with Crippen LogP contribution in [0.15, 0.2) is 21.9 Å². The van der Waals surface area contributed by atoms with Gasteiger partial charge >= 0.3 is 0 Å². The lowest BCUT2D eigenvalue weighted by atomic mass is 10.3. The molecule has 2 heterocycles. The number of oxazole rings is 1. The molecule has 5 heteroatoms. The van der Waals surface area contributed by atoms with Crippen molar-refractivity contribution in [3.05, 3.63) is 29.0 Å². The van der Waals surface area contributed by atoms with Crippen LogP contribution in [0.1, 0.15) is 17.9 Å². The Hall–Kier alpha value is -1.17. The van der Waals surface area contributed by atoms with Gasteiger partial charge in [0, 0.05) is 6.54 Å². The first kappa shape index (κ1) is 14.2. The minimum Gasteiger partial charge on any atom is -0.440 e. The zero-order valence-electron chi connectivity index (χ0n) is 11.8. The summed E-state index contributed by atoms with van der Waals surface area (Å²) in [5.74, 6) is 1.66. The number of rotatable bonds is 7. The second-order valence-corrected chi connectivity index (χ2v) is 5.64. The summed E-state index contributed by atoms with van der Waals surface area (Å²) in [4.78, 5) is 7.98. The number of nitrogens with zero attached hydrogens (tertiary/aromatic N) is 2. The molecule has 2 rings (SSSR count). The van der Waals surface area contributed by atoms with Gasteiger partial charge < -0.3 is 14.6 Å². The number of hydrogen-bond acceptors (Lipinski definition) is 5. The molecule has 0 saturated carbocycles. The Kier molecular flexibility index (Phi) is 5.13. The summed E-state index contributed by atoms with van der Waals surface area (Å²) in [6.45, 7) is 4.93. The van der Waals surface area contributed by atoms with Crippen molar-refractivity contribution >= 4 is 11.3 Å². The summed E-state index contributed by atoms with van der Waals surface area (Å²) in [5.41, 5.74) is 1.04. The molecule has 0 spiro atoms. The molecule has 0 unspecified atom stereocenters. The molecular formula is C14H21N3OS. The number of aromatic nitrogens is 1. The lowest BCUT2D eigenvalue weighted by molar-refractivity contribution is 0.316. The summed E-state index contributed by atoms with van der Waals surface area (Å²) in [6.07, 6.45) is 1.14. The Morgan fingerprint density at radius 1 is 1.47 bits per heavy atom. The predicted molar refractivity (Wildman–Crippen MR) is 79.4 cm³/mol. The average molecular weight is 279 g/mol. The minimum absolute atomic E-state index is 0.742. The van der Waals surface area contributed by atoms with Crippen LogP contribution in [-0.2, 0) is 6.54 Å². The van der Waals surface area contributed by atoms with Crippen LogP contribution in [0.3, 0.4) is 0 Å². The van der Waals surface area contributed by atoms with Gasteiger partial charge in [-0.3, -0.25) is 0 Å². The molecule has 1 N–H and O–H groups in total. The maximum atomic E-state index is 5.75. The van der Waals surface area contributed by atoms with Crippen molar-refractivity contribution in [3.63, 3.8) is 0 Å². The fourth-order valence-corrected chi connectivity index (χ4v) is 2.59. The van der Waals surface area contributed by atoms with Crippen molar-refractivity contribution in [2.75, 3.05) is 27.2 Å². The average Bonchev–Trinajstić information content (AvgIpc) is 3.00. The standard InChI is InChI=1S/C14H21N3OS/c1-11-12(10-17(3)8-5-7-15-2)16-14(18-11)13-6-4-9-19-13/h4,6,9,15H,5,7-8,10H2,1-3H3. The molecule has 0 fully saturated rings. The van der Waals surface area contributed by atoms with E-state index in [2.05, 4.69) is 22.2 Å². The van der Waals surface area contributed by atoms with E-state index in [1.54, 1.807) is 11.3 Å². The molecule has 0 amide bonds. The molecule has 0 aliphatic rings. The number of hydrogen-bond donors (Lipinski definition) is 1. The highest BCUT2D eigenvalue weighted by Crippen LogP contribution is 2.26. The normalized spacial score (nSPS) is 11.4. The topological polar surface area (TPSA) is 41.3 Å². The number of nitrogens with one attached hydrogen (secondary N) is 1. The van der Waals surface area contributed by atoms with Gasteiger partial charge in [0.25, 0.3) is 0 Å². The highest BCUT2D eigenvalue weighted by atomic mass is 32.1. The van der Waals surface area contributed by atoms with E-state index >= 15 is 0 Å². The summed E-state index contributed by atoms with van der Waals surface area (Å²) >= 11 is 1.66. The fourth-order valence-electron chi connectivity index (χ4n) is 1.94.